The number of hydrogen-bond acceptors (Lipinski definition) is 3. The van der Waals surface area contributed by atoms with Gasteiger partial charge in [-0.25, -0.2) is 0 Å². The quantitative estimate of drug-likeness (QED) is 0.545. The van der Waals surface area contributed by atoms with Crippen LogP contribution < -0.4 is 0 Å². The summed E-state index contributed by atoms with van der Waals surface area (Å²) in [6, 6.07) is 0. The molecule has 0 unspecified atom stereocenters. The summed E-state index contributed by atoms with van der Waals surface area (Å²) in [5.74, 6) is -0.833. The topological polar surface area (TPSA) is 43.8 Å². The first kappa shape index (κ1) is 9.48. The molecule has 0 aromatic carbocycles. The third kappa shape index (κ3) is 3.19. The lowest BCUT2D eigenvalue weighted by molar-refractivity contribution is -0.134. The molecule has 3 saturated heterocycles. The van der Waals surface area contributed by atoms with Crippen LogP contribution in [0.25, 0.3) is 0 Å². The van der Waals surface area contributed by atoms with Crippen molar-refractivity contribution in [3.05, 3.63) is 0 Å². The standard InChI is InChI=1S/C6H12N2.C2H4O2/c1-2-8-5-3-7(1)4-6-8;1-2(3)4/h1-6H2;1H3,(H,3,4). The van der Waals surface area contributed by atoms with E-state index in [0.29, 0.717) is 0 Å². The van der Waals surface area contributed by atoms with Crippen molar-refractivity contribution in [3.8, 4) is 0 Å². The molecule has 0 aromatic rings. The van der Waals surface area contributed by atoms with E-state index in [0.717, 1.165) is 6.92 Å². The van der Waals surface area contributed by atoms with Crippen LogP contribution in [0.4, 0.5) is 0 Å². The van der Waals surface area contributed by atoms with Crippen molar-refractivity contribution in [1.82, 2.24) is 9.80 Å². The Kier molecular flexibility index (Phi) is 3.49. The van der Waals surface area contributed by atoms with Crippen LogP contribution in [0.3, 0.4) is 0 Å². The fourth-order valence-electron chi connectivity index (χ4n) is 1.52. The first-order valence-electron chi connectivity index (χ1n) is 4.33. The number of carbonyl (C=O) groups is 1. The highest BCUT2D eigenvalue weighted by Gasteiger charge is 2.21. The number of nitrogens with zero attached hydrogens (tertiary/aromatic N) is 2. The first-order chi connectivity index (χ1) is 5.68. The number of aliphatic carboxylic acids is 1. The molecular weight excluding hydrogens is 156 g/mol. The Labute approximate surface area is 72.8 Å². The third-order valence-corrected chi connectivity index (χ3v) is 2.20. The van der Waals surface area contributed by atoms with Gasteiger partial charge < -0.3 is 5.11 Å². The maximum absolute atomic E-state index is 9.00. The van der Waals surface area contributed by atoms with Gasteiger partial charge in [-0.05, 0) is 0 Å². The van der Waals surface area contributed by atoms with E-state index >= 15 is 0 Å². The van der Waals surface area contributed by atoms with Gasteiger partial charge in [0.1, 0.15) is 0 Å². The molecule has 4 nitrogen and oxygen atoms in total. The molecule has 0 aliphatic carbocycles. The molecule has 4 heteroatoms. The molecule has 0 aromatic heterocycles. The van der Waals surface area contributed by atoms with E-state index in [1.807, 2.05) is 0 Å². The number of carboxylic acids is 1. The molecule has 2 bridgehead atoms. The summed E-state index contributed by atoms with van der Waals surface area (Å²) in [4.78, 5) is 14.1. The summed E-state index contributed by atoms with van der Waals surface area (Å²) in [5.41, 5.74) is 0. The van der Waals surface area contributed by atoms with Gasteiger partial charge in [0, 0.05) is 46.2 Å². The second-order valence-corrected chi connectivity index (χ2v) is 3.20. The van der Waals surface area contributed by atoms with Crippen molar-refractivity contribution < 1.29 is 9.90 Å². The number of fused-ring (bicyclic) bond motifs is 3. The van der Waals surface area contributed by atoms with Gasteiger partial charge in [-0.3, -0.25) is 14.6 Å². The lowest BCUT2D eigenvalue weighted by Crippen LogP contribution is -2.55. The van der Waals surface area contributed by atoms with E-state index in [1.165, 1.54) is 39.3 Å². The molecule has 3 rings (SSSR count). The van der Waals surface area contributed by atoms with Gasteiger partial charge in [-0.15, -0.1) is 0 Å². The van der Waals surface area contributed by atoms with Crippen molar-refractivity contribution in [3.63, 3.8) is 0 Å². The van der Waals surface area contributed by atoms with Crippen molar-refractivity contribution in [1.29, 1.82) is 0 Å². The average molecular weight is 172 g/mol. The van der Waals surface area contributed by atoms with E-state index in [9.17, 15) is 0 Å². The van der Waals surface area contributed by atoms with Crippen LogP contribution in [0.15, 0.2) is 0 Å². The Bertz CT molecular complexity index is 126. The first-order valence-corrected chi connectivity index (χ1v) is 4.33. The lowest BCUT2D eigenvalue weighted by atomic mass is 10.2. The zero-order valence-corrected chi connectivity index (χ0v) is 7.49. The van der Waals surface area contributed by atoms with E-state index in [4.69, 9.17) is 9.90 Å². The van der Waals surface area contributed by atoms with Crippen molar-refractivity contribution in [2.24, 2.45) is 0 Å². The van der Waals surface area contributed by atoms with Gasteiger partial charge in [0.05, 0.1) is 0 Å². The van der Waals surface area contributed by atoms with E-state index in [-0.39, 0.29) is 0 Å². The predicted octanol–water partition coefficient (Wildman–Crippen LogP) is -0.291. The maximum atomic E-state index is 9.00. The van der Waals surface area contributed by atoms with Crippen molar-refractivity contribution >= 4 is 5.97 Å². The van der Waals surface area contributed by atoms with Crippen LogP contribution in [-0.4, -0.2) is 60.1 Å². The fourth-order valence-corrected chi connectivity index (χ4v) is 1.52. The largest absolute Gasteiger partial charge is 0.481 e. The molecule has 3 heterocycles. The van der Waals surface area contributed by atoms with Gasteiger partial charge in [-0.2, -0.15) is 0 Å². The highest BCUT2D eigenvalue weighted by Crippen LogP contribution is 2.06. The lowest BCUT2D eigenvalue weighted by Gasteiger charge is -2.41. The second-order valence-electron chi connectivity index (χ2n) is 3.20. The van der Waals surface area contributed by atoms with E-state index < -0.39 is 5.97 Å². The summed E-state index contributed by atoms with van der Waals surface area (Å²) in [6.07, 6.45) is 0. The molecule has 0 amide bonds. The number of rotatable bonds is 0. The number of piperazine rings is 3. The maximum Gasteiger partial charge on any atom is 0.300 e. The van der Waals surface area contributed by atoms with Gasteiger partial charge >= 0.3 is 0 Å². The molecular formula is C8H16N2O2. The van der Waals surface area contributed by atoms with Crippen LogP contribution in [-0.2, 0) is 4.79 Å². The highest BCUT2D eigenvalue weighted by atomic mass is 16.4. The number of carboxylic acid groups (broad SMARTS) is 1. The molecule has 12 heavy (non-hydrogen) atoms. The molecule has 0 spiro atoms. The summed E-state index contributed by atoms with van der Waals surface area (Å²) in [5, 5.41) is 7.42. The van der Waals surface area contributed by atoms with Crippen LogP contribution >= 0.6 is 0 Å². The van der Waals surface area contributed by atoms with Crippen molar-refractivity contribution in [2.45, 2.75) is 6.92 Å². The molecule has 0 radical (unpaired) electrons. The van der Waals surface area contributed by atoms with Crippen LogP contribution in [0.2, 0.25) is 0 Å². The zero-order chi connectivity index (χ0) is 8.97. The van der Waals surface area contributed by atoms with Crippen LogP contribution in [0, 0.1) is 0 Å². The van der Waals surface area contributed by atoms with Gasteiger partial charge in [-0.1, -0.05) is 0 Å². The summed E-state index contributed by atoms with van der Waals surface area (Å²) < 4.78 is 0. The van der Waals surface area contributed by atoms with Crippen LogP contribution in [0.1, 0.15) is 6.92 Å². The smallest absolute Gasteiger partial charge is 0.300 e. The summed E-state index contributed by atoms with van der Waals surface area (Å²) in [6.45, 7) is 9.00. The fraction of sp³-hybridized carbons (Fsp3) is 0.875. The van der Waals surface area contributed by atoms with Crippen molar-refractivity contribution in [2.75, 3.05) is 39.3 Å². The highest BCUT2D eigenvalue weighted by molar-refractivity contribution is 5.62. The van der Waals surface area contributed by atoms with E-state index in [1.54, 1.807) is 0 Å². The molecule has 70 valence electrons. The minimum atomic E-state index is -0.833. The Morgan fingerprint density at radius 3 is 1.25 bits per heavy atom. The Balaban J connectivity index is 0.000000157. The second kappa shape index (κ2) is 4.42. The predicted molar refractivity (Wildman–Crippen MR) is 46.2 cm³/mol. The molecule has 0 saturated carbocycles. The Morgan fingerprint density at radius 1 is 1.00 bits per heavy atom. The Hall–Kier alpha value is -0.610. The summed E-state index contributed by atoms with van der Waals surface area (Å²) in [7, 11) is 0. The van der Waals surface area contributed by atoms with Gasteiger partial charge in [0.2, 0.25) is 0 Å². The van der Waals surface area contributed by atoms with Crippen LogP contribution in [0.5, 0.6) is 0 Å². The minimum absolute atomic E-state index is 0.833. The number of hydrogen-bond donors (Lipinski definition) is 1. The normalized spacial score (nSPS) is 32.1. The summed E-state index contributed by atoms with van der Waals surface area (Å²) >= 11 is 0. The molecule has 3 aliphatic rings. The molecule has 1 N–H and O–H groups in total. The SMILES string of the molecule is C1CN2CCN1CC2.CC(=O)O. The van der Waals surface area contributed by atoms with Gasteiger partial charge in [0.15, 0.2) is 0 Å². The third-order valence-electron chi connectivity index (χ3n) is 2.20. The zero-order valence-electron chi connectivity index (χ0n) is 7.49. The monoisotopic (exact) mass is 172 g/mol. The molecule has 3 aliphatic heterocycles. The average Bonchev–Trinajstić information content (AvgIpc) is 2.07. The molecule has 3 fully saturated rings. The Morgan fingerprint density at radius 2 is 1.17 bits per heavy atom. The minimum Gasteiger partial charge on any atom is -0.481 e. The van der Waals surface area contributed by atoms with E-state index in [2.05, 4.69) is 9.80 Å². The molecule has 0 atom stereocenters. The van der Waals surface area contributed by atoms with Gasteiger partial charge in [0.25, 0.3) is 5.97 Å².